The number of benzene rings is 2. The summed E-state index contributed by atoms with van der Waals surface area (Å²) in [5, 5.41) is 8.85. The van der Waals surface area contributed by atoms with E-state index < -0.39 is 12.1 Å². The van der Waals surface area contributed by atoms with Gasteiger partial charge in [-0.1, -0.05) is 48.5 Å². The number of amides is 1. The lowest BCUT2D eigenvalue weighted by Crippen LogP contribution is -2.29. The van der Waals surface area contributed by atoms with Gasteiger partial charge in [-0.25, -0.2) is 9.78 Å². The number of carbonyl (C=O) groups excluding carboxylic acids is 1. The Kier molecular flexibility index (Phi) is 5.48. The van der Waals surface area contributed by atoms with Crippen LogP contribution in [0.1, 0.15) is 29.0 Å². The minimum atomic E-state index is -0.863. The number of aromatic nitrogens is 1. The van der Waals surface area contributed by atoms with E-state index in [1.54, 1.807) is 25.4 Å². The number of fused-ring (bicyclic) bond motifs is 3. The molecule has 0 bridgehead atoms. The van der Waals surface area contributed by atoms with E-state index in [2.05, 4.69) is 29.2 Å². The molecule has 1 aliphatic carbocycles. The predicted octanol–water partition coefficient (Wildman–Crippen LogP) is 4.48. The van der Waals surface area contributed by atoms with Gasteiger partial charge in [0, 0.05) is 25.6 Å². The van der Waals surface area contributed by atoms with Gasteiger partial charge in [-0.3, -0.25) is 9.69 Å². The molecule has 30 heavy (non-hydrogen) atoms. The molecule has 152 valence electrons. The first-order chi connectivity index (χ1) is 14.5. The molecule has 0 fully saturated rings. The van der Waals surface area contributed by atoms with Gasteiger partial charge in [0.1, 0.15) is 12.4 Å². The molecule has 1 aromatic heterocycles. The number of nitrogens with zero attached hydrogens (tertiary/aromatic N) is 2. The number of hydrogen-bond donors (Lipinski definition) is 1. The number of carboxylic acid groups (broad SMARTS) is 1. The third-order valence-electron chi connectivity index (χ3n) is 5.39. The summed E-state index contributed by atoms with van der Waals surface area (Å²) >= 11 is 0. The van der Waals surface area contributed by atoms with E-state index >= 15 is 0 Å². The molecular weight excluding hydrogens is 380 g/mol. The van der Waals surface area contributed by atoms with Gasteiger partial charge < -0.3 is 9.84 Å². The summed E-state index contributed by atoms with van der Waals surface area (Å²) in [4.78, 5) is 29.0. The highest BCUT2D eigenvalue weighted by Crippen LogP contribution is 2.44. The summed E-state index contributed by atoms with van der Waals surface area (Å²) in [6.07, 6.45) is 1.47. The molecule has 0 atom stereocenters. The van der Waals surface area contributed by atoms with Crippen LogP contribution in [0, 0.1) is 0 Å². The van der Waals surface area contributed by atoms with Crippen molar-refractivity contribution in [1.82, 2.24) is 4.98 Å². The van der Waals surface area contributed by atoms with Crippen molar-refractivity contribution in [2.24, 2.45) is 0 Å². The average Bonchev–Trinajstić information content (AvgIpc) is 3.09. The third kappa shape index (κ3) is 3.89. The number of carboxylic acids is 1. The minimum Gasteiger partial charge on any atom is -0.481 e. The van der Waals surface area contributed by atoms with E-state index in [0.29, 0.717) is 12.2 Å². The van der Waals surface area contributed by atoms with Crippen LogP contribution in [0.4, 0.5) is 10.6 Å². The van der Waals surface area contributed by atoms with Gasteiger partial charge in [0.25, 0.3) is 0 Å². The van der Waals surface area contributed by atoms with Crippen LogP contribution in [0.5, 0.6) is 0 Å². The van der Waals surface area contributed by atoms with E-state index in [1.807, 2.05) is 24.3 Å². The Labute approximate surface area is 174 Å². The fourth-order valence-corrected chi connectivity index (χ4v) is 3.84. The summed E-state index contributed by atoms with van der Waals surface area (Å²) in [5.41, 5.74) is 5.47. The van der Waals surface area contributed by atoms with Crippen molar-refractivity contribution in [2.75, 3.05) is 18.6 Å². The van der Waals surface area contributed by atoms with Crippen molar-refractivity contribution in [3.8, 4) is 11.1 Å². The highest BCUT2D eigenvalue weighted by atomic mass is 16.6. The molecule has 1 aliphatic rings. The minimum absolute atomic E-state index is 0.00962. The number of aryl methyl sites for hydroxylation is 1. The lowest BCUT2D eigenvalue weighted by atomic mass is 9.98. The monoisotopic (exact) mass is 402 g/mol. The van der Waals surface area contributed by atoms with Crippen LogP contribution in [-0.4, -0.2) is 35.8 Å². The van der Waals surface area contributed by atoms with Crippen molar-refractivity contribution < 1.29 is 19.4 Å². The number of anilines is 1. The first-order valence-corrected chi connectivity index (χ1v) is 9.80. The zero-order valence-electron chi connectivity index (χ0n) is 16.6. The van der Waals surface area contributed by atoms with Gasteiger partial charge in [-0.15, -0.1) is 0 Å². The van der Waals surface area contributed by atoms with Crippen LogP contribution in [0.3, 0.4) is 0 Å². The Hall–Kier alpha value is -3.67. The SMILES string of the molecule is CN(C(=O)OCC1c2ccccc2-c2ccccc21)c1cc(CCC(=O)O)ccn1. The lowest BCUT2D eigenvalue weighted by molar-refractivity contribution is -0.136. The molecular formula is C24H22N2O4. The third-order valence-corrected chi connectivity index (χ3v) is 5.39. The topological polar surface area (TPSA) is 79.7 Å². The quantitative estimate of drug-likeness (QED) is 0.657. The molecule has 6 nitrogen and oxygen atoms in total. The van der Waals surface area contributed by atoms with Gasteiger partial charge in [0.05, 0.1) is 0 Å². The summed E-state index contributed by atoms with van der Waals surface area (Å²) in [5.74, 6) is -0.446. The Morgan fingerprint density at radius 1 is 1.03 bits per heavy atom. The fraction of sp³-hybridized carbons (Fsp3) is 0.208. The highest BCUT2D eigenvalue weighted by Gasteiger charge is 2.29. The number of aliphatic carboxylic acids is 1. The van der Waals surface area contributed by atoms with Gasteiger partial charge in [-0.05, 0) is 46.4 Å². The van der Waals surface area contributed by atoms with Crippen molar-refractivity contribution in [3.63, 3.8) is 0 Å². The van der Waals surface area contributed by atoms with Crippen LogP contribution in [0.25, 0.3) is 11.1 Å². The molecule has 0 unspecified atom stereocenters. The van der Waals surface area contributed by atoms with Gasteiger partial charge >= 0.3 is 12.1 Å². The largest absolute Gasteiger partial charge is 0.481 e. The van der Waals surface area contributed by atoms with E-state index in [9.17, 15) is 9.59 Å². The molecule has 3 aromatic rings. The number of carbonyl (C=O) groups is 2. The van der Waals surface area contributed by atoms with Gasteiger partial charge in [0.2, 0.25) is 0 Å². The first kappa shape index (κ1) is 19.6. The van der Waals surface area contributed by atoms with Crippen LogP contribution >= 0.6 is 0 Å². The van der Waals surface area contributed by atoms with Crippen molar-refractivity contribution in [1.29, 1.82) is 0 Å². The van der Waals surface area contributed by atoms with E-state index in [1.165, 1.54) is 16.0 Å². The van der Waals surface area contributed by atoms with Crippen molar-refractivity contribution in [2.45, 2.75) is 18.8 Å². The summed E-state index contributed by atoms with van der Waals surface area (Å²) in [6, 6.07) is 19.8. The lowest BCUT2D eigenvalue weighted by Gasteiger charge is -2.19. The van der Waals surface area contributed by atoms with E-state index in [-0.39, 0.29) is 18.9 Å². The fourth-order valence-electron chi connectivity index (χ4n) is 3.84. The van der Waals surface area contributed by atoms with Crippen LogP contribution in [-0.2, 0) is 16.0 Å². The Morgan fingerprint density at radius 2 is 1.67 bits per heavy atom. The molecule has 0 saturated heterocycles. The van der Waals surface area contributed by atoms with Crippen LogP contribution in [0.15, 0.2) is 66.9 Å². The second-order valence-corrected chi connectivity index (χ2v) is 7.28. The number of hydrogen-bond acceptors (Lipinski definition) is 4. The molecule has 1 heterocycles. The molecule has 0 spiro atoms. The summed E-state index contributed by atoms with van der Waals surface area (Å²) in [6.45, 7) is 0.232. The predicted molar refractivity (Wildman–Crippen MR) is 114 cm³/mol. The Balaban J connectivity index is 1.46. The van der Waals surface area contributed by atoms with Crippen LogP contribution in [0.2, 0.25) is 0 Å². The smallest absolute Gasteiger partial charge is 0.415 e. The second kappa shape index (κ2) is 8.37. The van der Waals surface area contributed by atoms with E-state index in [0.717, 1.165) is 16.7 Å². The zero-order chi connectivity index (χ0) is 21.1. The average molecular weight is 402 g/mol. The summed E-state index contributed by atoms with van der Waals surface area (Å²) < 4.78 is 5.65. The van der Waals surface area contributed by atoms with Crippen molar-refractivity contribution >= 4 is 17.9 Å². The van der Waals surface area contributed by atoms with Crippen molar-refractivity contribution in [3.05, 3.63) is 83.6 Å². The molecule has 2 aromatic carbocycles. The molecule has 0 radical (unpaired) electrons. The number of pyridine rings is 1. The molecule has 6 heteroatoms. The van der Waals surface area contributed by atoms with Gasteiger partial charge in [-0.2, -0.15) is 0 Å². The number of rotatable bonds is 6. The Bertz CT molecular complexity index is 1050. The molecule has 0 aliphatic heterocycles. The second-order valence-electron chi connectivity index (χ2n) is 7.28. The number of ether oxygens (including phenoxy) is 1. The standard InChI is InChI=1S/C24H22N2O4/c1-26(22-14-16(12-13-25-22)10-11-23(27)28)24(29)30-15-21-19-8-4-2-6-17(19)18-7-3-5-9-20(18)21/h2-9,12-14,21H,10-11,15H2,1H3,(H,27,28). The molecule has 0 saturated carbocycles. The summed E-state index contributed by atoms with van der Waals surface area (Å²) in [7, 11) is 1.60. The molecule has 4 rings (SSSR count). The highest BCUT2D eigenvalue weighted by molar-refractivity contribution is 5.86. The van der Waals surface area contributed by atoms with Crippen LogP contribution < -0.4 is 4.90 Å². The van der Waals surface area contributed by atoms with E-state index in [4.69, 9.17) is 9.84 Å². The molecule has 1 N–H and O–H groups in total. The van der Waals surface area contributed by atoms with Gasteiger partial charge in [0.15, 0.2) is 0 Å². The molecule has 1 amide bonds. The maximum atomic E-state index is 12.7. The first-order valence-electron chi connectivity index (χ1n) is 9.80. The maximum absolute atomic E-state index is 12.7. The maximum Gasteiger partial charge on any atom is 0.415 e. The zero-order valence-corrected chi connectivity index (χ0v) is 16.6. The Morgan fingerprint density at radius 3 is 2.30 bits per heavy atom. The normalized spacial score (nSPS) is 12.2.